The van der Waals surface area contributed by atoms with Gasteiger partial charge in [0.15, 0.2) is 17.9 Å². The molecule has 1 aliphatic carbocycles. The molecule has 0 fully saturated rings. The van der Waals surface area contributed by atoms with Crippen LogP contribution in [0.1, 0.15) is 13.3 Å². The molecule has 1 aliphatic heterocycles. The van der Waals surface area contributed by atoms with Crippen molar-refractivity contribution >= 4 is 17.5 Å². The normalized spacial score (nSPS) is 27.2. The molecule has 6 heteroatoms. The van der Waals surface area contributed by atoms with Gasteiger partial charge in [0, 0.05) is 26.0 Å². The number of hydrogen-bond donors (Lipinski definition) is 0. The minimum Gasteiger partial charge on any atom is -0.435 e. The van der Waals surface area contributed by atoms with E-state index in [9.17, 15) is 14.4 Å². The highest BCUT2D eigenvalue weighted by Crippen LogP contribution is 2.30. The number of allylic oxidation sites excluding steroid dienone is 2. The summed E-state index contributed by atoms with van der Waals surface area (Å²) in [4.78, 5) is 34.3. The molecule has 0 aromatic carbocycles. The second-order valence-electron chi connectivity index (χ2n) is 3.90. The molecule has 0 saturated heterocycles. The number of ketones is 2. The van der Waals surface area contributed by atoms with Gasteiger partial charge < -0.3 is 14.2 Å². The average molecular weight is 252 g/mol. The van der Waals surface area contributed by atoms with Crippen molar-refractivity contribution in [1.29, 1.82) is 0 Å². The van der Waals surface area contributed by atoms with E-state index < -0.39 is 18.5 Å². The van der Waals surface area contributed by atoms with E-state index in [2.05, 4.69) is 0 Å². The molecule has 1 heterocycles. The van der Waals surface area contributed by atoms with Crippen LogP contribution in [0.3, 0.4) is 0 Å². The summed E-state index contributed by atoms with van der Waals surface area (Å²) in [6, 6.07) is 0. The zero-order valence-electron chi connectivity index (χ0n) is 9.97. The van der Waals surface area contributed by atoms with Gasteiger partial charge in [-0.2, -0.15) is 0 Å². The second-order valence-corrected chi connectivity index (χ2v) is 3.90. The van der Waals surface area contributed by atoms with Gasteiger partial charge in [-0.1, -0.05) is 0 Å². The molecule has 2 rings (SSSR count). The van der Waals surface area contributed by atoms with Crippen LogP contribution in [0.5, 0.6) is 0 Å². The first-order valence-electron chi connectivity index (χ1n) is 5.38. The van der Waals surface area contributed by atoms with Crippen molar-refractivity contribution in [2.45, 2.75) is 25.9 Å². The predicted octanol–water partition coefficient (Wildman–Crippen LogP) is 0.273. The van der Waals surface area contributed by atoms with Crippen LogP contribution in [0.2, 0.25) is 0 Å². The van der Waals surface area contributed by atoms with Crippen LogP contribution in [-0.4, -0.2) is 37.2 Å². The third-order valence-corrected chi connectivity index (χ3v) is 2.67. The monoisotopic (exact) mass is 252 g/mol. The largest absolute Gasteiger partial charge is 0.435 e. The molecule has 0 aromatic heterocycles. The Morgan fingerprint density at radius 1 is 1.33 bits per heavy atom. The number of carbonyl (C=O) groups excluding carboxylic acids is 3. The van der Waals surface area contributed by atoms with Crippen molar-refractivity contribution < 1.29 is 28.6 Å². The summed E-state index contributed by atoms with van der Waals surface area (Å²) in [6.45, 7) is 1.24. The molecule has 0 bridgehead atoms. The number of carbonyl (C=O) groups is 3. The van der Waals surface area contributed by atoms with E-state index in [1.165, 1.54) is 26.2 Å². The summed E-state index contributed by atoms with van der Waals surface area (Å²) in [5.41, 5.74) is 0.472. The fourth-order valence-corrected chi connectivity index (χ4v) is 1.94. The van der Waals surface area contributed by atoms with Gasteiger partial charge >= 0.3 is 5.97 Å². The van der Waals surface area contributed by atoms with Crippen molar-refractivity contribution in [1.82, 2.24) is 0 Å². The zero-order valence-corrected chi connectivity index (χ0v) is 9.97. The lowest BCUT2D eigenvalue weighted by atomic mass is 9.90. The van der Waals surface area contributed by atoms with Crippen molar-refractivity contribution in [2.75, 3.05) is 7.11 Å². The maximum atomic E-state index is 11.7. The van der Waals surface area contributed by atoms with E-state index in [0.29, 0.717) is 0 Å². The molecule has 2 atom stereocenters. The Hall–Kier alpha value is -1.79. The lowest BCUT2D eigenvalue weighted by Gasteiger charge is -2.32. The molecule has 0 amide bonds. The zero-order chi connectivity index (χ0) is 13.3. The summed E-state index contributed by atoms with van der Waals surface area (Å²) >= 11 is 0. The number of hydrogen-bond acceptors (Lipinski definition) is 6. The van der Waals surface area contributed by atoms with Crippen LogP contribution < -0.4 is 0 Å². The Kier molecular flexibility index (Phi) is 3.40. The van der Waals surface area contributed by atoms with Gasteiger partial charge in [0.1, 0.15) is 0 Å². The number of methoxy groups -OCH3 is 1. The molecule has 0 spiro atoms. The molecule has 96 valence electrons. The minimum atomic E-state index is -0.987. The van der Waals surface area contributed by atoms with Crippen LogP contribution >= 0.6 is 0 Å². The summed E-state index contributed by atoms with van der Waals surface area (Å²) in [6.07, 6.45) is 0.546. The second kappa shape index (κ2) is 4.83. The molecular formula is C12H12O6. The molecule has 0 saturated carbocycles. The van der Waals surface area contributed by atoms with Crippen molar-refractivity contribution in [2.24, 2.45) is 0 Å². The van der Waals surface area contributed by atoms with Gasteiger partial charge in [0.05, 0.1) is 5.57 Å². The third kappa shape index (κ3) is 2.25. The van der Waals surface area contributed by atoms with E-state index in [-0.39, 0.29) is 29.1 Å². The van der Waals surface area contributed by atoms with E-state index in [4.69, 9.17) is 14.2 Å². The average Bonchev–Trinajstić information content (AvgIpc) is 2.32. The van der Waals surface area contributed by atoms with E-state index in [0.717, 1.165) is 0 Å². The van der Waals surface area contributed by atoms with Gasteiger partial charge in [0.2, 0.25) is 6.29 Å². The first-order valence-corrected chi connectivity index (χ1v) is 5.38. The Morgan fingerprint density at radius 3 is 2.61 bits per heavy atom. The Labute approximate surface area is 103 Å². The highest BCUT2D eigenvalue weighted by molar-refractivity contribution is 6.20. The van der Waals surface area contributed by atoms with Gasteiger partial charge in [0.25, 0.3) is 0 Å². The van der Waals surface area contributed by atoms with Crippen molar-refractivity contribution in [3.05, 3.63) is 23.3 Å². The van der Waals surface area contributed by atoms with Crippen LogP contribution in [0, 0.1) is 0 Å². The van der Waals surface area contributed by atoms with Crippen LogP contribution in [0.25, 0.3) is 0 Å². The highest BCUT2D eigenvalue weighted by atomic mass is 16.8. The highest BCUT2D eigenvalue weighted by Gasteiger charge is 2.38. The molecule has 6 nitrogen and oxygen atoms in total. The van der Waals surface area contributed by atoms with Gasteiger partial charge in [-0.3, -0.25) is 14.4 Å². The van der Waals surface area contributed by atoms with Crippen molar-refractivity contribution in [3.63, 3.8) is 0 Å². The van der Waals surface area contributed by atoms with Crippen molar-refractivity contribution in [3.8, 4) is 0 Å². The minimum absolute atomic E-state index is 0.0592. The van der Waals surface area contributed by atoms with E-state index in [1.54, 1.807) is 0 Å². The molecule has 2 unspecified atom stereocenters. The first-order chi connectivity index (χ1) is 8.52. The van der Waals surface area contributed by atoms with E-state index in [1.807, 2.05) is 0 Å². The fraction of sp³-hybridized carbons (Fsp3) is 0.417. The summed E-state index contributed by atoms with van der Waals surface area (Å²) in [5.74, 6) is -1.13. The maximum absolute atomic E-state index is 11.7. The first kappa shape index (κ1) is 12.7. The SMILES string of the molecule is COC1OC(OC(C)=O)CC2=C1C(=O)C=CC2=O. The molecule has 2 aliphatic rings. The lowest BCUT2D eigenvalue weighted by Crippen LogP contribution is -2.39. The smallest absolute Gasteiger partial charge is 0.304 e. The Bertz CT molecular complexity index is 473. The number of esters is 1. The lowest BCUT2D eigenvalue weighted by molar-refractivity contribution is -0.226. The topological polar surface area (TPSA) is 78.9 Å². The maximum Gasteiger partial charge on any atom is 0.304 e. The summed E-state index contributed by atoms with van der Waals surface area (Å²) in [5, 5.41) is 0. The predicted molar refractivity (Wildman–Crippen MR) is 58.2 cm³/mol. The molecule has 0 aromatic rings. The fourth-order valence-electron chi connectivity index (χ4n) is 1.94. The molecule has 18 heavy (non-hydrogen) atoms. The van der Waals surface area contributed by atoms with Gasteiger partial charge in [-0.25, -0.2) is 0 Å². The van der Waals surface area contributed by atoms with Crippen LogP contribution in [0.4, 0.5) is 0 Å². The Balaban J connectivity index is 2.32. The quantitative estimate of drug-likeness (QED) is 0.518. The number of ether oxygens (including phenoxy) is 3. The van der Waals surface area contributed by atoms with Crippen LogP contribution in [0.15, 0.2) is 23.3 Å². The summed E-state index contributed by atoms with van der Waals surface area (Å²) < 4.78 is 15.2. The van der Waals surface area contributed by atoms with Gasteiger partial charge in [-0.05, 0) is 12.2 Å². The standard InChI is InChI=1S/C12H12O6/c1-6(13)17-10-5-7-8(14)3-4-9(15)11(7)12(16-2)18-10/h3-4,10,12H,5H2,1-2H3. The third-order valence-electron chi connectivity index (χ3n) is 2.67. The summed E-state index contributed by atoms with van der Waals surface area (Å²) in [7, 11) is 1.35. The number of rotatable bonds is 2. The van der Waals surface area contributed by atoms with Gasteiger partial charge in [-0.15, -0.1) is 0 Å². The van der Waals surface area contributed by atoms with E-state index >= 15 is 0 Å². The molecular weight excluding hydrogens is 240 g/mol. The van der Waals surface area contributed by atoms with Crippen LogP contribution in [-0.2, 0) is 28.6 Å². The molecule has 0 N–H and O–H groups in total. The molecule has 0 radical (unpaired) electrons. The Morgan fingerprint density at radius 2 is 2.00 bits per heavy atom.